The van der Waals surface area contributed by atoms with Crippen molar-refractivity contribution in [1.29, 1.82) is 0 Å². The number of amides is 1. The maximum absolute atomic E-state index is 12.3. The molecule has 0 radical (unpaired) electrons. The monoisotopic (exact) mass is 378 g/mol. The molecule has 0 unspecified atom stereocenters. The fraction of sp³-hybridized carbons (Fsp3) is 0.0526. The van der Waals surface area contributed by atoms with Crippen LogP contribution in [-0.2, 0) is 0 Å². The lowest BCUT2D eigenvalue weighted by molar-refractivity contribution is -0.394. The molecule has 28 heavy (non-hydrogen) atoms. The molecule has 1 amide bonds. The van der Waals surface area contributed by atoms with E-state index in [2.05, 4.69) is 10.5 Å². The number of nitrogens with one attached hydrogen (secondary N) is 1. The van der Waals surface area contributed by atoms with Gasteiger partial charge in [-0.3, -0.25) is 25.0 Å². The highest BCUT2D eigenvalue weighted by atomic mass is 16.6. The van der Waals surface area contributed by atoms with Crippen molar-refractivity contribution in [1.82, 2.24) is 5.43 Å². The van der Waals surface area contributed by atoms with E-state index in [1.54, 1.807) is 6.92 Å². The number of nitro groups is 2. The minimum atomic E-state index is -0.798. The van der Waals surface area contributed by atoms with Crippen molar-refractivity contribution in [3.63, 3.8) is 0 Å². The van der Waals surface area contributed by atoms with Crippen LogP contribution in [0.1, 0.15) is 22.8 Å². The highest BCUT2D eigenvalue weighted by molar-refractivity contribution is 6.03. The zero-order valence-electron chi connectivity index (χ0n) is 14.7. The molecule has 0 aliphatic carbocycles. The van der Waals surface area contributed by atoms with E-state index in [1.165, 1.54) is 0 Å². The molecule has 3 aromatic carbocycles. The number of fused-ring (bicyclic) bond motifs is 1. The summed E-state index contributed by atoms with van der Waals surface area (Å²) in [7, 11) is 0. The Kier molecular flexibility index (Phi) is 5.07. The maximum Gasteiger partial charge on any atom is 0.277 e. The van der Waals surface area contributed by atoms with Crippen molar-refractivity contribution in [2.75, 3.05) is 0 Å². The van der Waals surface area contributed by atoms with E-state index in [-0.39, 0.29) is 5.56 Å². The number of benzene rings is 3. The first kappa shape index (κ1) is 18.6. The molecule has 1 N–H and O–H groups in total. The normalized spacial score (nSPS) is 11.2. The second-order valence-electron chi connectivity index (χ2n) is 5.95. The third kappa shape index (κ3) is 3.98. The predicted molar refractivity (Wildman–Crippen MR) is 103 cm³/mol. The molecular weight excluding hydrogens is 364 g/mol. The number of hydrogen-bond donors (Lipinski definition) is 1. The van der Waals surface area contributed by atoms with Gasteiger partial charge in [0.05, 0.1) is 27.2 Å². The number of carbonyl (C=O) groups is 1. The molecule has 0 spiro atoms. The van der Waals surface area contributed by atoms with Gasteiger partial charge in [-0.1, -0.05) is 36.4 Å². The van der Waals surface area contributed by atoms with Crippen molar-refractivity contribution in [2.24, 2.45) is 5.10 Å². The van der Waals surface area contributed by atoms with E-state index in [0.29, 0.717) is 5.71 Å². The summed E-state index contributed by atoms with van der Waals surface area (Å²) in [4.78, 5) is 32.5. The number of non-ortho nitro benzene ring substituents is 2. The number of nitrogens with zero attached hydrogens (tertiary/aromatic N) is 3. The summed E-state index contributed by atoms with van der Waals surface area (Å²) >= 11 is 0. The smallest absolute Gasteiger partial charge is 0.267 e. The van der Waals surface area contributed by atoms with Crippen LogP contribution in [0.5, 0.6) is 0 Å². The van der Waals surface area contributed by atoms with E-state index in [0.717, 1.165) is 34.5 Å². The molecule has 140 valence electrons. The van der Waals surface area contributed by atoms with Gasteiger partial charge in [0.25, 0.3) is 17.3 Å². The zero-order chi connectivity index (χ0) is 20.3. The predicted octanol–water partition coefficient (Wildman–Crippen LogP) is 3.81. The van der Waals surface area contributed by atoms with Crippen LogP contribution in [0.4, 0.5) is 11.4 Å². The molecule has 0 heterocycles. The molecule has 0 saturated carbocycles. The summed E-state index contributed by atoms with van der Waals surface area (Å²) in [6, 6.07) is 16.2. The Bertz CT molecular complexity index is 1110. The molecule has 0 aliphatic rings. The van der Waals surface area contributed by atoms with Crippen molar-refractivity contribution >= 4 is 33.8 Å². The highest BCUT2D eigenvalue weighted by Gasteiger charge is 2.19. The Balaban J connectivity index is 1.85. The summed E-state index contributed by atoms with van der Waals surface area (Å²) < 4.78 is 0. The maximum atomic E-state index is 12.3. The largest absolute Gasteiger partial charge is 0.277 e. The summed E-state index contributed by atoms with van der Waals surface area (Å²) in [5.74, 6) is -0.785. The van der Waals surface area contributed by atoms with E-state index in [1.807, 2.05) is 42.5 Å². The summed E-state index contributed by atoms with van der Waals surface area (Å²) in [6.45, 7) is 1.69. The third-order valence-electron chi connectivity index (χ3n) is 4.08. The Morgan fingerprint density at radius 2 is 1.46 bits per heavy atom. The van der Waals surface area contributed by atoms with Crippen molar-refractivity contribution in [3.05, 3.63) is 92.0 Å². The number of carbonyl (C=O) groups excluding carboxylic acids is 1. The van der Waals surface area contributed by atoms with Crippen LogP contribution in [0.3, 0.4) is 0 Å². The summed E-state index contributed by atoms with van der Waals surface area (Å²) in [5, 5.41) is 27.9. The van der Waals surface area contributed by atoms with E-state index in [9.17, 15) is 25.0 Å². The molecule has 0 saturated heterocycles. The molecule has 0 aliphatic heterocycles. The first-order valence-electron chi connectivity index (χ1n) is 8.13. The molecule has 0 atom stereocenters. The molecule has 9 heteroatoms. The lowest BCUT2D eigenvalue weighted by Gasteiger charge is -2.05. The van der Waals surface area contributed by atoms with Crippen molar-refractivity contribution < 1.29 is 14.6 Å². The van der Waals surface area contributed by atoms with Gasteiger partial charge in [-0.25, -0.2) is 5.43 Å². The van der Waals surface area contributed by atoms with Gasteiger partial charge in [-0.15, -0.1) is 0 Å². The molecule has 0 bridgehead atoms. The lowest BCUT2D eigenvalue weighted by atomic mass is 10.0. The molecule has 9 nitrogen and oxygen atoms in total. The standard InChI is InChI=1S/C19H14N4O5/c1-12(14-7-6-13-4-2-3-5-15(13)8-14)20-21-19(24)16-9-17(22(25)26)11-18(10-16)23(27)28/h2-11H,1H3,(H,21,24)/b20-12+. The van der Waals surface area contributed by atoms with Crippen LogP contribution in [0, 0.1) is 20.2 Å². The molecule has 0 aromatic heterocycles. The first-order valence-corrected chi connectivity index (χ1v) is 8.13. The number of nitro benzene ring substituents is 2. The average Bonchev–Trinajstić information content (AvgIpc) is 2.70. The van der Waals surface area contributed by atoms with Crippen LogP contribution in [0.25, 0.3) is 10.8 Å². The van der Waals surface area contributed by atoms with E-state index in [4.69, 9.17) is 0 Å². The van der Waals surface area contributed by atoms with Crippen LogP contribution in [0.15, 0.2) is 65.8 Å². The first-order chi connectivity index (χ1) is 13.3. The summed E-state index contributed by atoms with van der Waals surface area (Å²) in [5.41, 5.74) is 2.26. The van der Waals surface area contributed by atoms with Crippen LogP contribution < -0.4 is 5.43 Å². The van der Waals surface area contributed by atoms with Gasteiger partial charge in [-0.05, 0) is 29.3 Å². The van der Waals surface area contributed by atoms with Crippen molar-refractivity contribution in [3.8, 4) is 0 Å². The molecule has 3 rings (SSSR count). The SMILES string of the molecule is C/C(=N\NC(=O)c1cc([N+](=O)[O-])cc([N+](=O)[O-])c1)c1ccc2ccccc2c1. The summed E-state index contributed by atoms with van der Waals surface area (Å²) in [6.07, 6.45) is 0. The number of hydrogen-bond acceptors (Lipinski definition) is 6. The van der Waals surface area contributed by atoms with Gasteiger partial charge in [0.2, 0.25) is 0 Å². The van der Waals surface area contributed by atoms with Gasteiger partial charge < -0.3 is 0 Å². The second kappa shape index (κ2) is 7.62. The fourth-order valence-corrected chi connectivity index (χ4v) is 2.62. The van der Waals surface area contributed by atoms with Gasteiger partial charge >= 0.3 is 0 Å². The highest BCUT2D eigenvalue weighted by Crippen LogP contribution is 2.22. The minimum absolute atomic E-state index is 0.226. The van der Waals surface area contributed by atoms with Gasteiger partial charge in [0.15, 0.2) is 0 Å². The average molecular weight is 378 g/mol. The Morgan fingerprint density at radius 1 is 0.857 bits per heavy atom. The van der Waals surface area contributed by atoms with E-state index >= 15 is 0 Å². The minimum Gasteiger partial charge on any atom is -0.267 e. The van der Waals surface area contributed by atoms with E-state index < -0.39 is 27.1 Å². The van der Waals surface area contributed by atoms with Gasteiger partial charge in [0.1, 0.15) is 0 Å². The van der Waals surface area contributed by atoms with Gasteiger partial charge in [0, 0.05) is 12.1 Å². The topological polar surface area (TPSA) is 128 Å². The third-order valence-corrected chi connectivity index (χ3v) is 4.08. The number of rotatable bonds is 5. The molecular formula is C19H14N4O5. The molecule has 0 fully saturated rings. The second-order valence-corrected chi connectivity index (χ2v) is 5.95. The lowest BCUT2D eigenvalue weighted by Crippen LogP contribution is -2.19. The van der Waals surface area contributed by atoms with Crippen LogP contribution >= 0.6 is 0 Å². The van der Waals surface area contributed by atoms with Gasteiger partial charge in [-0.2, -0.15) is 5.10 Å². The zero-order valence-corrected chi connectivity index (χ0v) is 14.7. The number of hydrazone groups is 1. The molecule has 3 aromatic rings. The Morgan fingerprint density at radius 3 is 2.07 bits per heavy atom. The Labute approximate surface area is 158 Å². The Hall–Kier alpha value is -4.14. The van der Waals surface area contributed by atoms with Crippen LogP contribution in [0.2, 0.25) is 0 Å². The van der Waals surface area contributed by atoms with Crippen molar-refractivity contribution in [2.45, 2.75) is 6.92 Å². The fourth-order valence-electron chi connectivity index (χ4n) is 2.62. The van der Waals surface area contributed by atoms with Crippen LogP contribution in [-0.4, -0.2) is 21.5 Å². The quantitative estimate of drug-likeness (QED) is 0.410.